The van der Waals surface area contributed by atoms with Crippen LogP contribution in [-0.2, 0) is 21.1 Å². The molecular weight excluding hydrogens is 810 g/mol. The third kappa shape index (κ3) is 4.85. The van der Waals surface area contributed by atoms with Crippen molar-refractivity contribution in [2.45, 2.75) is 20.8 Å². The molecule has 10 aromatic rings. The van der Waals surface area contributed by atoms with Crippen molar-refractivity contribution >= 4 is 54.8 Å². The second-order valence-electron chi connectivity index (χ2n) is 13.0. The van der Waals surface area contributed by atoms with Gasteiger partial charge in [-0.25, -0.2) is 4.98 Å². The van der Waals surface area contributed by atoms with Gasteiger partial charge >= 0.3 is 21.1 Å². The van der Waals surface area contributed by atoms with E-state index in [1.165, 1.54) is 16.7 Å². The standard InChI is InChI=1S/C44H29N5O.Pt/c1-26-20-27(2)41(28(3)21-26)38-25-48-42-35(13-9-19-45-42)33-18-16-31(23-37(33)44(48)47-38)50-30-15-17-32-34-12-7-8-14-39(34)49-40(29-10-5-4-6-11-29)24-46-43(49)36(32)22-30;/h4-21,24-25H,1-3H3;/q-2;+2. The Hall–Kier alpha value is -5.84. The minimum Gasteiger partial charge on any atom is -0.497 e. The fraction of sp³-hybridized carbons (Fsp3) is 0.0682. The normalized spacial score (nSPS) is 11.7. The second kappa shape index (κ2) is 11.9. The van der Waals surface area contributed by atoms with Crippen LogP contribution in [0.15, 0.2) is 122 Å². The van der Waals surface area contributed by atoms with E-state index in [1.807, 2.05) is 36.7 Å². The largest absolute Gasteiger partial charge is 2.00 e. The number of aryl methyl sites for hydroxylation is 3. The number of ether oxygens (including phenoxy) is 1. The van der Waals surface area contributed by atoms with Crippen molar-refractivity contribution in [2.75, 3.05) is 0 Å². The Morgan fingerprint density at radius 3 is 2.06 bits per heavy atom. The number of para-hydroxylation sites is 1. The van der Waals surface area contributed by atoms with E-state index < -0.39 is 0 Å². The fourth-order valence-electron chi connectivity index (χ4n) is 7.69. The van der Waals surface area contributed by atoms with Crippen LogP contribution in [0, 0.1) is 32.9 Å². The summed E-state index contributed by atoms with van der Waals surface area (Å²) < 4.78 is 10.9. The molecule has 0 amide bonds. The van der Waals surface area contributed by atoms with Crippen molar-refractivity contribution in [1.29, 1.82) is 0 Å². The van der Waals surface area contributed by atoms with Crippen molar-refractivity contribution in [3.05, 3.63) is 151 Å². The van der Waals surface area contributed by atoms with Crippen molar-refractivity contribution in [3.63, 3.8) is 0 Å². The Balaban J connectivity index is 0.00000348. The summed E-state index contributed by atoms with van der Waals surface area (Å²) in [6.45, 7) is 6.42. The third-order valence-electron chi connectivity index (χ3n) is 9.72. The van der Waals surface area contributed by atoms with Gasteiger partial charge in [-0.15, -0.1) is 12.1 Å². The maximum Gasteiger partial charge on any atom is 2.00 e. The average Bonchev–Trinajstić information content (AvgIpc) is 3.78. The van der Waals surface area contributed by atoms with Gasteiger partial charge in [-0.3, -0.25) is 9.97 Å². The number of hydrogen-bond donors (Lipinski definition) is 0. The van der Waals surface area contributed by atoms with Crippen LogP contribution in [-0.4, -0.2) is 23.8 Å². The minimum absolute atomic E-state index is 0. The topological polar surface area (TPSA) is 56.7 Å². The quantitative estimate of drug-likeness (QED) is 0.131. The number of rotatable bonds is 4. The first-order valence-electron chi connectivity index (χ1n) is 16.7. The van der Waals surface area contributed by atoms with Gasteiger partial charge in [0.2, 0.25) is 0 Å². The summed E-state index contributed by atoms with van der Waals surface area (Å²) >= 11 is 0. The molecule has 0 aliphatic heterocycles. The average molecular weight is 839 g/mol. The minimum atomic E-state index is 0. The predicted molar refractivity (Wildman–Crippen MR) is 201 cm³/mol. The van der Waals surface area contributed by atoms with Gasteiger partial charge in [-0.1, -0.05) is 118 Å². The zero-order chi connectivity index (χ0) is 33.5. The Labute approximate surface area is 308 Å². The van der Waals surface area contributed by atoms with E-state index in [0.717, 1.165) is 77.3 Å². The molecule has 0 bridgehead atoms. The van der Waals surface area contributed by atoms with Crippen LogP contribution < -0.4 is 4.74 Å². The molecule has 0 aliphatic carbocycles. The Kier molecular flexibility index (Phi) is 7.27. The van der Waals surface area contributed by atoms with Gasteiger partial charge in [0.15, 0.2) is 0 Å². The monoisotopic (exact) mass is 838 g/mol. The van der Waals surface area contributed by atoms with Crippen LogP contribution in [0.25, 0.3) is 77.3 Å². The van der Waals surface area contributed by atoms with Crippen LogP contribution >= 0.6 is 0 Å². The number of nitrogens with zero attached hydrogens (tertiary/aromatic N) is 5. The molecule has 6 nitrogen and oxygen atoms in total. The van der Waals surface area contributed by atoms with E-state index in [2.05, 4.69) is 127 Å². The SMILES string of the molecule is Cc1cc(C)c(-c2cn3c(n2)c2[c-]c(Oc4[c-]c5c(cc4)c4ccccc4n4c(-c6ccccc6)cnc54)ccc2c2cccnc23)c(C)c1.[Pt+2]. The van der Waals surface area contributed by atoms with Crippen LogP contribution in [0.3, 0.4) is 0 Å². The maximum absolute atomic E-state index is 6.55. The molecule has 10 rings (SSSR count). The molecule has 246 valence electrons. The van der Waals surface area contributed by atoms with Crippen LogP contribution in [0.4, 0.5) is 0 Å². The molecule has 0 radical (unpaired) electrons. The zero-order valence-corrected chi connectivity index (χ0v) is 30.3. The second-order valence-corrected chi connectivity index (χ2v) is 13.0. The molecule has 51 heavy (non-hydrogen) atoms. The summed E-state index contributed by atoms with van der Waals surface area (Å²) in [5, 5.41) is 6.00. The number of aromatic nitrogens is 5. The van der Waals surface area contributed by atoms with Crippen molar-refractivity contribution in [2.24, 2.45) is 0 Å². The predicted octanol–water partition coefficient (Wildman–Crippen LogP) is 10.6. The molecular formula is C44H29N5OPt. The summed E-state index contributed by atoms with van der Waals surface area (Å²) in [7, 11) is 0. The number of imidazole rings is 2. The van der Waals surface area contributed by atoms with E-state index in [0.29, 0.717) is 11.5 Å². The summed E-state index contributed by atoms with van der Waals surface area (Å²) in [5.41, 5.74) is 11.4. The van der Waals surface area contributed by atoms with Crippen molar-refractivity contribution in [3.8, 4) is 34.0 Å². The smallest absolute Gasteiger partial charge is 0.497 e. The van der Waals surface area contributed by atoms with Gasteiger partial charge in [-0.2, -0.15) is 0 Å². The van der Waals surface area contributed by atoms with Gasteiger partial charge in [-0.05, 0) is 60.4 Å². The molecule has 0 saturated carbocycles. The van der Waals surface area contributed by atoms with Gasteiger partial charge < -0.3 is 13.5 Å². The number of fused-ring (bicyclic) bond motifs is 12. The molecule has 0 spiro atoms. The fourth-order valence-corrected chi connectivity index (χ4v) is 7.69. The van der Waals surface area contributed by atoms with E-state index in [1.54, 1.807) is 0 Å². The van der Waals surface area contributed by atoms with Gasteiger partial charge in [0.1, 0.15) is 5.65 Å². The summed E-state index contributed by atoms with van der Waals surface area (Å²) in [6, 6.07) is 42.6. The molecule has 5 heterocycles. The Morgan fingerprint density at radius 1 is 0.627 bits per heavy atom. The summed E-state index contributed by atoms with van der Waals surface area (Å²) in [4.78, 5) is 14.9. The zero-order valence-electron chi connectivity index (χ0n) is 28.0. The number of hydrogen-bond acceptors (Lipinski definition) is 4. The first-order chi connectivity index (χ1) is 24.5. The molecule has 5 aromatic carbocycles. The first-order valence-corrected chi connectivity index (χ1v) is 16.7. The summed E-state index contributed by atoms with van der Waals surface area (Å²) in [6.07, 6.45) is 5.87. The molecule has 5 aromatic heterocycles. The van der Waals surface area contributed by atoms with E-state index in [-0.39, 0.29) is 21.1 Å². The summed E-state index contributed by atoms with van der Waals surface area (Å²) in [5.74, 6) is 1.17. The van der Waals surface area contributed by atoms with Crippen molar-refractivity contribution < 1.29 is 25.8 Å². The molecule has 0 fully saturated rings. The Morgan fingerprint density at radius 2 is 1.29 bits per heavy atom. The van der Waals surface area contributed by atoms with Gasteiger partial charge in [0.25, 0.3) is 0 Å². The van der Waals surface area contributed by atoms with Crippen molar-refractivity contribution in [1.82, 2.24) is 23.8 Å². The van der Waals surface area contributed by atoms with E-state index >= 15 is 0 Å². The van der Waals surface area contributed by atoms with E-state index in [9.17, 15) is 0 Å². The van der Waals surface area contributed by atoms with Gasteiger partial charge in [0, 0.05) is 41.2 Å². The van der Waals surface area contributed by atoms with Crippen LogP contribution in [0.5, 0.6) is 11.5 Å². The molecule has 7 heteroatoms. The number of pyridine rings is 3. The molecule has 0 N–H and O–H groups in total. The maximum atomic E-state index is 6.55. The number of benzene rings is 5. The van der Waals surface area contributed by atoms with E-state index in [4.69, 9.17) is 19.7 Å². The van der Waals surface area contributed by atoms with Crippen LogP contribution in [0.2, 0.25) is 0 Å². The first kappa shape index (κ1) is 31.2. The molecule has 0 saturated heterocycles. The molecule has 0 atom stereocenters. The van der Waals surface area contributed by atoms with Crippen LogP contribution in [0.1, 0.15) is 16.7 Å². The third-order valence-corrected chi connectivity index (χ3v) is 9.72. The molecule has 0 unspecified atom stereocenters. The Bertz CT molecular complexity index is 2980. The van der Waals surface area contributed by atoms with Gasteiger partial charge in [0.05, 0.1) is 22.7 Å². The molecule has 0 aliphatic rings.